The van der Waals surface area contributed by atoms with Gasteiger partial charge in [-0.1, -0.05) is 6.07 Å². The molecule has 0 aromatic heterocycles. The first-order chi connectivity index (χ1) is 8.78. The Bertz CT molecular complexity index is 391. The molecular formula is C14H22N2O2. The van der Waals surface area contributed by atoms with E-state index in [1.165, 1.54) is 18.4 Å². The molecule has 1 fully saturated rings. The molecule has 0 amide bonds. The molecule has 0 bridgehead atoms. The van der Waals surface area contributed by atoms with E-state index in [1.807, 2.05) is 13.1 Å². The van der Waals surface area contributed by atoms with E-state index in [0.717, 1.165) is 23.8 Å². The van der Waals surface area contributed by atoms with Gasteiger partial charge in [0.25, 0.3) is 0 Å². The van der Waals surface area contributed by atoms with Crippen molar-refractivity contribution in [1.29, 1.82) is 0 Å². The highest BCUT2D eigenvalue weighted by Crippen LogP contribution is 2.35. The number of ether oxygens (including phenoxy) is 2. The fraction of sp³-hybridized carbons (Fsp3) is 0.571. The molecule has 0 saturated heterocycles. The summed E-state index contributed by atoms with van der Waals surface area (Å²) in [5, 5.41) is 0. The lowest BCUT2D eigenvalue weighted by atomic mass is 10.0. The highest BCUT2D eigenvalue weighted by Gasteiger charge is 2.30. The second-order valence-corrected chi connectivity index (χ2v) is 4.73. The molecule has 1 saturated carbocycles. The van der Waals surface area contributed by atoms with Gasteiger partial charge in [0, 0.05) is 6.04 Å². The van der Waals surface area contributed by atoms with Crippen molar-refractivity contribution in [3.63, 3.8) is 0 Å². The lowest BCUT2D eigenvalue weighted by Gasteiger charge is -2.18. The molecule has 1 aromatic carbocycles. The number of benzene rings is 1. The largest absolute Gasteiger partial charge is 0.493 e. The van der Waals surface area contributed by atoms with Crippen LogP contribution in [0.5, 0.6) is 11.5 Å². The van der Waals surface area contributed by atoms with Gasteiger partial charge >= 0.3 is 0 Å². The average Bonchev–Trinajstić information content (AvgIpc) is 3.22. The van der Waals surface area contributed by atoms with Crippen LogP contribution in [0.2, 0.25) is 0 Å². The summed E-state index contributed by atoms with van der Waals surface area (Å²) in [4.78, 5) is 0. The molecule has 1 aromatic rings. The van der Waals surface area contributed by atoms with Crippen molar-refractivity contribution < 1.29 is 9.47 Å². The third-order valence-corrected chi connectivity index (χ3v) is 3.42. The zero-order chi connectivity index (χ0) is 13.0. The quantitative estimate of drug-likeness (QED) is 0.724. The fourth-order valence-corrected chi connectivity index (χ4v) is 2.28. The predicted molar refractivity (Wildman–Crippen MR) is 72.0 cm³/mol. The summed E-state index contributed by atoms with van der Waals surface area (Å²) in [7, 11) is 5.25. The van der Waals surface area contributed by atoms with Crippen LogP contribution >= 0.6 is 0 Å². The topological polar surface area (TPSA) is 42.5 Å². The summed E-state index contributed by atoms with van der Waals surface area (Å²) < 4.78 is 10.6. The normalized spacial score (nSPS) is 16.4. The number of rotatable bonds is 7. The molecule has 0 radical (unpaired) electrons. The molecule has 1 unspecified atom stereocenters. The predicted octanol–water partition coefficient (Wildman–Crippen LogP) is 1.75. The summed E-state index contributed by atoms with van der Waals surface area (Å²) in [6.45, 7) is 0. The van der Waals surface area contributed by atoms with Crippen molar-refractivity contribution in [3.8, 4) is 11.5 Å². The zero-order valence-electron chi connectivity index (χ0n) is 11.3. The Labute approximate surface area is 109 Å². The van der Waals surface area contributed by atoms with Crippen LogP contribution in [0.15, 0.2) is 18.2 Å². The van der Waals surface area contributed by atoms with Crippen LogP contribution < -0.4 is 20.3 Å². The highest BCUT2D eigenvalue weighted by atomic mass is 16.5. The first kappa shape index (κ1) is 13.2. The molecule has 0 heterocycles. The molecule has 2 rings (SSSR count). The number of hydrazine groups is 1. The van der Waals surface area contributed by atoms with Crippen LogP contribution in [0.25, 0.3) is 0 Å². The highest BCUT2D eigenvalue weighted by molar-refractivity contribution is 5.43. The van der Waals surface area contributed by atoms with E-state index in [0.29, 0.717) is 6.04 Å². The minimum Gasteiger partial charge on any atom is -0.493 e. The summed E-state index contributed by atoms with van der Waals surface area (Å²) in [6, 6.07) is 6.63. The molecule has 4 nitrogen and oxygen atoms in total. The average molecular weight is 250 g/mol. The minimum absolute atomic E-state index is 0.494. The van der Waals surface area contributed by atoms with Gasteiger partial charge in [-0.25, -0.2) is 0 Å². The van der Waals surface area contributed by atoms with E-state index < -0.39 is 0 Å². The van der Waals surface area contributed by atoms with Gasteiger partial charge in [0.2, 0.25) is 0 Å². The maximum atomic E-state index is 5.33. The number of hydrogen-bond acceptors (Lipinski definition) is 4. The Balaban J connectivity index is 2.07. The van der Waals surface area contributed by atoms with Crippen molar-refractivity contribution in [2.24, 2.45) is 5.92 Å². The van der Waals surface area contributed by atoms with E-state index in [1.54, 1.807) is 14.2 Å². The molecule has 2 N–H and O–H groups in total. The van der Waals surface area contributed by atoms with Crippen LogP contribution in [0.4, 0.5) is 0 Å². The van der Waals surface area contributed by atoms with Gasteiger partial charge in [0.15, 0.2) is 11.5 Å². The molecule has 100 valence electrons. The first-order valence-electron chi connectivity index (χ1n) is 6.41. The first-order valence-corrected chi connectivity index (χ1v) is 6.41. The fourth-order valence-electron chi connectivity index (χ4n) is 2.28. The van der Waals surface area contributed by atoms with Crippen LogP contribution in [0.3, 0.4) is 0 Å². The SMILES string of the molecule is CNNC(Cc1ccc(OC)c(OC)c1)C1CC1. The van der Waals surface area contributed by atoms with E-state index in [4.69, 9.17) is 9.47 Å². The van der Waals surface area contributed by atoms with E-state index in [-0.39, 0.29) is 0 Å². The van der Waals surface area contributed by atoms with Gasteiger partial charge in [0.1, 0.15) is 0 Å². The van der Waals surface area contributed by atoms with Gasteiger partial charge in [0.05, 0.1) is 14.2 Å². The van der Waals surface area contributed by atoms with Crippen molar-refractivity contribution >= 4 is 0 Å². The van der Waals surface area contributed by atoms with Crippen LogP contribution in [-0.2, 0) is 6.42 Å². The molecule has 0 aliphatic heterocycles. The molecule has 0 spiro atoms. The van der Waals surface area contributed by atoms with E-state index in [2.05, 4.69) is 23.0 Å². The van der Waals surface area contributed by atoms with Gasteiger partial charge in [-0.05, 0) is 49.9 Å². The lowest BCUT2D eigenvalue weighted by Crippen LogP contribution is -2.41. The van der Waals surface area contributed by atoms with Gasteiger partial charge in [-0.3, -0.25) is 10.9 Å². The Kier molecular flexibility index (Phi) is 4.44. The molecule has 1 aliphatic rings. The van der Waals surface area contributed by atoms with Gasteiger partial charge in [-0.15, -0.1) is 0 Å². The Morgan fingerprint density at radius 3 is 2.50 bits per heavy atom. The van der Waals surface area contributed by atoms with Crippen LogP contribution in [-0.4, -0.2) is 27.3 Å². The lowest BCUT2D eigenvalue weighted by molar-refractivity contribution is 0.353. The molecule has 1 atom stereocenters. The van der Waals surface area contributed by atoms with Crippen molar-refractivity contribution in [3.05, 3.63) is 23.8 Å². The number of methoxy groups -OCH3 is 2. The molecule has 18 heavy (non-hydrogen) atoms. The minimum atomic E-state index is 0.494. The summed E-state index contributed by atoms with van der Waals surface area (Å²) >= 11 is 0. The third-order valence-electron chi connectivity index (χ3n) is 3.42. The van der Waals surface area contributed by atoms with Crippen LogP contribution in [0, 0.1) is 5.92 Å². The van der Waals surface area contributed by atoms with Crippen LogP contribution in [0.1, 0.15) is 18.4 Å². The van der Waals surface area contributed by atoms with Crippen molar-refractivity contribution in [1.82, 2.24) is 10.9 Å². The smallest absolute Gasteiger partial charge is 0.160 e. The molecule has 1 aliphatic carbocycles. The Hall–Kier alpha value is -1.26. The Morgan fingerprint density at radius 1 is 1.22 bits per heavy atom. The number of hydrogen-bond donors (Lipinski definition) is 2. The van der Waals surface area contributed by atoms with E-state index in [9.17, 15) is 0 Å². The Morgan fingerprint density at radius 2 is 1.94 bits per heavy atom. The maximum absolute atomic E-state index is 5.33. The van der Waals surface area contributed by atoms with Gasteiger partial charge in [-0.2, -0.15) is 0 Å². The zero-order valence-corrected chi connectivity index (χ0v) is 11.3. The summed E-state index contributed by atoms with van der Waals surface area (Å²) in [6.07, 6.45) is 3.66. The van der Waals surface area contributed by atoms with E-state index >= 15 is 0 Å². The van der Waals surface area contributed by atoms with Crippen molar-refractivity contribution in [2.45, 2.75) is 25.3 Å². The van der Waals surface area contributed by atoms with Crippen molar-refractivity contribution in [2.75, 3.05) is 21.3 Å². The standard InChI is InChI=1S/C14H22N2O2/c1-15-16-12(11-5-6-11)8-10-4-7-13(17-2)14(9-10)18-3/h4,7,9,11-12,15-16H,5-6,8H2,1-3H3. The van der Waals surface area contributed by atoms with Gasteiger partial charge < -0.3 is 9.47 Å². The maximum Gasteiger partial charge on any atom is 0.160 e. The second-order valence-electron chi connectivity index (χ2n) is 4.73. The summed E-state index contributed by atoms with van der Waals surface area (Å²) in [5.74, 6) is 2.38. The molecular weight excluding hydrogens is 228 g/mol. The third kappa shape index (κ3) is 3.15. The monoisotopic (exact) mass is 250 g/mol. The molecule has 4 heteroatoms. The second kappa shape index (κ2) is 6.07. The summed E-state index contributed by atoms with van der Waals surface area (Å²) in [5.41, 5.74) is 7.66. The number of nitrogens with one attached hydrogen (secondary N) is 2.